The number of rotatable bonds is 4. The molecule has 1 saturated heterocycles. The normalized spacial score (nSPS) is 23.9. The molecule has 6 nitrogen and oxygen atoms in total. The lowest BCUT2D eigenvalue weighted by molar-refractivity contribution is -0.121. The van der Waals surface area contributed by atoms with Gasteiger partial charge in [-0.3, -0.25) is 19.6 Å². The zero-order chi connectivity index (χ0) is 14.8. The van der Waals surface area contributed by atoms with Gasteiger partial charge in [0.05, 0.1) is 0 Å². The van der Waals surface area contributed by atoms with E-state index in [1.165, 1.54) is 18.0 Å². The molecule has 7 heteroatoms. The van der Waals surface area contributed by atoms with Gasteiger partial charge >= 0.3 is 0 Å². The van der Waals surface area contributed by atoms with E-state index in [1.807, 2.05) is 6.92 Å². The summed E-state index contributed by atoms with van der Waals surface area (Å²) in [5, 5.41) is 3.37. The molecule has 106 valence electrons. The smallest absolute Gasteiger partial charge is 0.267 e. The molecule has 1 fully saturated rings. The third kappa shape index (κ3) is 2.67. The molecule has 1 aromatic rings. The predicted molar refractivity (Wildman–Crippen MR) is 78.4 cm³/mol. The van der Waals surface area contributed by atoms with Crippen LogP contribution in [0.2, 0.25) is 0 Å². The number of aromatic nitrogens is 1. The highest BCUT2D eigenvalue weighted by Gasteiger charge is 2.44. The van der Waals surface area contributed by atoms with Crippen molar-refractivity contribution in [3.8, 4) is 0 Å². The highest BCUT2D eigenvalue weighted by atomic mass is 32.2. The van der Waals surface area contributed by atoms with Gasteiger partial charge in [-0.2, -0.15) is 0 Å². The summed E-state index contributed by atoms with van der Waals surface area (Å²) in [6, 6.07) is 3.26. The zero-order valence-electron chi connectivity index (χ0n) is 11.3. The van der Waals surface area contributed by atoms with Crippen molar-refractivity contribution in [1.29, 1.82) is 0 Å². The third-order valence-corrected chi connectivity index (χ3v) is 4.25. The molecular weight excluding hydrogens is 276 g/mol. The number of amidine groups is 1. The van der Waals surface area contributed by atoms with E-state index in [0.29, 0.717) is 17.3 Å². The number of hydrogen-bond donors (Lipinski definition) is 2. The van der Waals surface area contributed by atoms with Crippen LogP contribution >= 0.6 is 11.8 Å². The van der Waals surface area contributed by atoms with E-state index < -0.39 is 10.7 Å². The minimum absolute atomic E-state index is 0.149. The van der Waals surface area contributed by atoms with Gasteiger partial charge in [0, 0.05) is 12.7 Å². The molecule has 1 aliphatic heterocycles. The molecule has 1 aliphatic rings. The second kappa shape index (κ2) is 5.62. The van der Waals surface area contributed by atoms with Crippen LogP contribution in [0.25, 0.3) is 0 Å². The molecule has 20 heavy (non-hydrogen) atoms. The lowest BCUT2D eigenvalue weighted by atomic mass is 9.99. The lowest BCUT2D eigenvalue weighted by Crippen LogP contribution is -2.32. The SMILES string of the molecule is CCCN=C1NC(=O)C(C)(c2ccnc(C(N)=O)c2)S1. The van der Waals surface area contributed by atoms with E-state index in [4.69, 9.17) is 5.73 Å². The number of hydrogen-bond acceptors (Lipinski definition) is 5. The number of primary amides is 1. The molecule has 2 amide bonds. The van der Waals surface area contributed by atoms with E-state index in [2.05, 4.69) is 15.3 Å². The van der Waals surface area contributed by atoms with Gasteiger partial charge in [-0.05, 0) is 31.0 Å². The number of carbonyl (C=O) groups excluding carboxylic acids is 2. The summed E-state index contributed by atoms with van der Waals surface area (Å²) in [6.07, 6.45) is 2.40. The van der Waals surface area contributed by atoms with Crippen molar-refractivity contribution < 1.29 is 9.59 Å². The number of aliphatic imine (C=N–C) groups is 1. The summed E-state index contributed by atoms with van der Waals surface area (Å²) in [7, 11) is 0. The Morgan fingerprint density at radius 1 is 1.60 bits per heavy atom. The maximum absolute atomic E-state index is 12.2. The molecule has 0 aromatic carbocycles. The van der Waals surface area contributed by atoms with Crippen LogP contribution in [0, 0.1) is 0 Å². The first kappa shape index (κ1) is 14.5. The van der Waals surface area contributed by atoms with E-state index >= 15 is 0 Å². The number of nitrogens with one attached hydrogen (secondary N) is 1. The third-order valence-electron chi connectivity index (χ3n) is 3.00. The highest BCUT2D eigenvalue weighted by molar-refractivity contribution is 8.15. The van der Waals surface area contributed by atoms with Crippen molar-refractivity contribution in [2.75, 3.05) is 6.54 Å². The van der Waals surface area contributed by atoms with Crippen molar-refractivity contribution in [3.05, 3.63) is 29.6 Å². The molecular formula is C13H16N4O2S. The largest absolute Gasteiger partial charge is 0.364 e. The molecule has 1 atom stereocenters. The minimum atomic E-state index is -0.820. The van der Waals surface area contributed by atoms with Gasteiger partial charge in [0.2, 0.25) is 5.91 Å². The summed E-state index contributed by atoms with van der Waals surface area (Å²) >= 11 is 1.34. The van der Waals surface area contributed by atoms with Crippen molar-refractivity contribution in [1.82, 2.24) is 10.3 Å². The molecule has 2 rings (SSSR count). The molecule has 2 heterocycles. The molecule has 0 saturated carbocycles. The fourth-order valence-electron chi connectivity index (χ4n) is 1.82. The van der Waals surface area contributed by atoms with Gasteiger partial charge in [0.1, 0.15) is 10.4 Å². The van der Waals surface area contributed by atoms with Crippen molar-refractivity contribution >= 4 is 28.7 Å². The van der Waals surface area contributed by atoms with Crippen LogP contribution in [-0.4, -0.2) is 28.5 Å². The minimum Gasteiger partial charge on any atom is -0.364 e. The van der Waals surface area contributed by atoms with Crippen LogP contribution in [0.4, 0.5) is 0 Å². The average molecular weight is 292 g/mol. The van der Waals surface area contributed by atoms with E-state index in [-0.39, 0.29) is 11.6 Å². The van der Waals surface area contributed by atoms with Crippen molar-refractivity contribution in [2.24, 2.45) is 10.7 Å². The predicted octanol–water partition coefficient (Wildman–Crippen LogP) is 1.02. The fourth-order valence-corrected chi connectivity index (χ4v) is 2.89. The van der Waals surface area contributed by atoms with Gasteiger partial charge in [-0.15, -0.1) is 0 Å². The van der Waals surface area contributed by atoms with Crippen LogP contribution < -0.4 is 11.1 Å². The number of thioether (sulfide) groups is 1. The van der Waals surface area contributed by atoms with Crippen LogP contribution in [0.5, 0.6) is 0 Å². The Balaban J connectivity index is 2.33. The fraction of sp³-hybridized carbons (Fsp3) is 0.385. The van der Waals surface area contributed by atoms with E-state index in [1.54, 1.807) is 19.1 Å². The summed E-state index contributed by atoms with van der Waals surface area (Å²) in [5.74, 6) is -0.766. The zero-order valence-corrected chi connectivity index (χ0v) is 12.2. The van der Waals surface area contributed by atoms with Crippen molar-refractivity contribution in [3.63, 3.8) is 0 Å². The number of amides is 2. The van der Waals surface area contributed by atoms with Crippen LogP contribution in [-0.2, 0) is 9.54 Å². The molecule has 1 unspecified atom stereocenters. The first-order valence-corrected chi connectivity index (χ1v) is 7.10. The van der Waals surface area contributed by atoms with Gasteiger partial charge in [-0.1, -0.05) is 18.7 Å². The molecule has 3 N–H and O–H groups in total. The number of carbonyl (C=O) groups is 2. The van der Waals surface area contributed by atoms with Gasteiger partial charge in [0.15, 0.2) is 5.17 Å². The average Bonchev–Trinajstić information content (AvgIpc) is 2.73. The maximum atomic E-state index is 12.2. The number of nitrogens with two attached hydrogens (primary N) is 1. The van der Waals surface area contributed by atoms with E-state index in [9.17, 15) is 9.59 Å². The van der Waals surface area contributed by atoms with Gasteiger partial charge in [0.25, 0.3) is 5.91 Å². The Bertz CT molecular complexity index is 587. The molecule has 0 bridgehead atoms. The van der Waals surface area contributed by atoms with E-state index in [0.717, 1.165) is 6.42 Å². The summed E-state index contributed by atoms with van der Waals surface area (Å²) in [6.45, 7) is 4.48. The quantitative estimate of drug-likeness (QED) is 0.866. The Kier molecular flexibility index (Phi) is 4.08. The van der Waals surface area contributed by atoms with Crippen LogP contribution in [0.15, 0.2) is 23.3 Å². The Labute approximate surface area is 121 Å². The molecule has 0 radical (unpaired) electrons. The molecule has 0 spiro atoms. The Hall–Kier alpha value is -1.89. The Morgan fingerprint density at radius 3 is 3.00 bits per heavy atom. The summed E-state index contributed by atoms with van der Waals surface area (Å²) in [5.41, 5.74) is 6.05. The molecule has 1 aromatic heterocycles. The van der Waals surface area contributed by atoms with Crippen LogP contribution in [0.3, 0.4) is 0 Å². The molecule has 0 aliphatic carbocycles. The topological polar surface area (TPSA) is 97.4 Å². The lowest BCUT2D eigenvalue weighted by Gasteiger charge is -2.19. The summed E-state index contributed by atoms with van der Waals surface area (Å²) in [4.78, 5) is 31.6. The summed E-state index contributed by atoms with van der Waals surface area (Å²) < 4.78 is -0.820. The second-order valence-corrected chi connectivity index (χ2v) is 5.98. The first-order valence-electron chi connectivity index (χ1n) is 6.28. The first-order chi connectivity index (χ1) is 9.47. The highest BCUT2D eigenvalue weighted by Crippen LogP contribution is 2.41. The maximum Gasteiger partial charge on any atom is 0.267 e. The number of pyridine rings is 1. The monoisotopic (exact) mass is 292 g/mol. The van der Waals surface area contributed by atoms with Gasteiger partial charge in [-0.25, -0.2) is 0 Å². The Morgan fingerprint density at radius 2 is 2.35 bits per heavy atom. The van der Waals surface area contributed by atoms with Gasteiger partial charge < -0.3 is 11.1 Å². The van der Waals surface area contributed by atoms with Crippen molar-refractivity contribution in [2.45, 2.75) is 25.0 Å². The number of nitrogens with zero attached hydrogens (tertiary/aromatic N) is 2. The van der Waals surface area contributed by atoms with Crippen LogP contribution in [0.1, 0.15) is 36.3 Å². The standard InChI is InChI=1S/C13H16N4O2S/c1-3-5-16-12-17-11(19)13(2,20-12)8-4-6-15-9(7-8)10(14)18/h4,6-7H,3,5H2,1-2H3,(H2,14,18)(H,16,17,19). The second-order valence-electron chi connectivity index (χ2n) is 4.57.